The third-order valence-electron chi connectivity index (χ3n) is 15.6. The van der Waals surface area contributed by atoms with Crippen LogP contribution in [0.15, 0.2) is 70.8 Å². The van der Waals surface area contributed by atoms with Crippen molar-refractivity contribution in [2.75, 3.05) is 48.3 Å². The number of fused-ring (bicyclic) bond motifs is 9. The van der Waals surface area contributed by atoms with E-state index in [0.29, 0.717) is 69.3 Å². The molecule has 0 spiro atoms. The van der Waals surface area contributed by atoms with Gasteiger partial charge in [0, 0.05) is 40.5 Å². The zero-order chi connectivity index (χ0) is 53.8. The van der Waals surface area contributed by atoms with E-state index in [4.69, 9.17) is 52.4 Å². The molecule has 0 saturated carbocycles. The van der Waals surface area contributed by atoms with Crippen molar-refractivity contribution < 1.29 is 82.5 Å². The Labute approximate surface area is 443 Å². The molecule has 3 aromatic carbocycles. The average molecular weight is 1080 g/mol. The molecule has 404 valence electrons. The summed E-state index contributed by atoms with van der Waals surface area (Å²) in [6.45, 7) is 2.58. The van der Waals surface area contributed by atoms with E-state index in [1.807, 2.05) is 48.6 Å². The lowest BCUT2D eigenvalue weighted by molar-refractivity contribution is -0.368. The van der Waals surface area contributed by atoms with Gasteiger partial charge in [-0.1, -0.05) is 13.0 Å². The van der Waals surface area contributed by atoms with Gasteiger partial charge >= 0.3 is 11.9 Å². The molecule has 1 aliphatic carbocycles. The fourth-order valence-corrected chi connectivity index (χ4v) is 12.5. The highest BCUT2D eigenvalue weighted by Crippen LogP contribution is 2.57. The largest absolute Gasteiger partial charge is 0.508 e. The van der Waals surface area contributed by atoms with Gasteiger partial charge in [0.1, 0.15) is 36.8 Å². The Morgan fingerprint density at radius 2 is 1.65 bits per heavy atom. The molecule has 3 unspecified atom stereocenters. The van der Waals surface area contributed by atoms with Crippen molar-refractivity contribution in [3.63, 3.8) is 0 Å². The van der Waals surface area contributed by atoms with Crippen LogP contribution in [-0.4, -0.2) is 131 Å². The minimum absolute atomic E-state index is 0.0242. The third kappa shape index (κ3) is 8.36. The van der Waals surface area contributed by atoms with Gasteiger partial charge < -0.3 is 82.4 Å². The average Bonchev–Trinajstić information content (AvgIpc) is 4.31. The Kier molecular flexibility index (Phi) is 12.9. The number of carbonyl (C=O) groups is 2. The van der Waals surface area contributed by atoms with E-state index in [2.05, 4.69) is 0 Å². The number of thiophene rings is 1. The summed E-state index contributed by atoms with van der Waals surface area (Å²) in [4.78, 5) is 46.6. The predicted octanol–water partition coefficient (Wildman–Crippen LogP) is 4.60. The molecule has 3 fully saturated rings. The first kappa shape index (κ1) is 50.9. The fourth-order valence-electron chi connectivity index (χ4n) is 11.8. The summed E-state index contributed by atoms with van der Waals surface area (Å²) >= 11 is 1.46. The van der Waals surface area contributed by atoms with Crippen molar-refractivity contribution >= 4 is 34.2 Å². The van der Waals surface area contributed by atoms with Crippen molar-refractivity contribution in [1.82, 2.24) is 14.5 Å². The maximum Gasteiger partial charge on any atom is 0.343 e. The normalized spacial score (nSPS) is 28.3. The number of cyclic esters (lactones) is 2. The molecule has 22 heteroatoms. The Morgan fingerprint density at radius 1 is 0.896 bits per heavy atom. The van der Waals surface area contributed by atoms with Crippen molar-refractivity contribution in [3.05, 3.63) is 120 Å². The summed E-state index contributed by atoms with van der Waals surface area (Å²) in [6.07, 6.45) is -7.06. The van der Waals surface area contributed by atoms with Gasteiger partial charge in [-0.3, -0.25) is 9.59 Å². The first-order valence-electron chi connectivity index (χ1n) is 25.1. The molecule has 0 radical (unpaired) electrons. The minimum atomic E-state index is -1.84. The summed E-state index contributed by atoms with van der Waals surface area (Å²) in [5.41, 5.74) is 4.03. The summed E-state index contributed by atoms with van der Waals surface area (Å²) in [7, 11) is 6.72. The van der Waals surface area contributed by atoms with Crippen LogP contribution in [0.5, 0.6) is 34.5 Å². The number of hydrogen-bond acceptors (Lipinski definition) is 21. The number of phenolic OH excluding ortho intramolecular Hbond substituents is 2. The highest BCUT2D eigenvalue weighted by atomic mass is 32.1. The van der Waals surface area contributed by atoms with Gasteiger partial charge in [0.2, 0.25) is 12.5 Å². The number of rotatable bonds is 9. The predicted molar refractivity (Wildman–Crippen MR) is 270 cm³/mol. The van der Waals surface area contributed by atoms with E-state index in [-0.39, 0.29) is 61.6 Å². The number of phenols is 2. The van der Waals surface area contributed by atoms with E-state index in [0.717, 1.165) is 21.4 Å². The molecule has 13 rings (SSSR count). The topological polar surface area (TPSA) is 266 Å². The van der Waals surface area contributed by atoms with Crippen LogP contribution in [-0.2, 0) is 63.3 Å². The van der Waals surface area contributed by atoms with E-state index in [1.165, 1.54) is 25.6 Å². The van der Waals surface area contributed by atoms with Crippen LogP contribution >= 0.6 is 11.3 Å². The van der Waals surface area contributed by atoms with Crippen molar-refractivity contribution in [2.24, 2.45) is 11.8 Å². The molecule has 11 atom stereocenters. The zero-order valence-electron chi connectivity index (χ0n) is 42.4. The number of hydrogen-bond donors (Lipinski definition) is 5. The first-order valence-corrected chi connectivity index (χ1v) is 26.0. The van der Waals surface area contributed by atoms with Crippen LogP contribution < -0.4 is 24.5 Å². The number of esters is 2. The van der Waals surface area contributed by atoms with Crippen LogP contribution in [0.1, 0.15) is 75.5 Å². The number of aliphatic hydroxyl groups is 3. The highest BCUT2D eigenvalue weighted by molar-refractivity contribution is 7.10. The quantitative estimate of drug-likeness (QED) is 0.124. The van der Waals surface area contributed by atoms with Crippen LogP contribution in [0.4, 0.5) is 0 Å². The number of benzene rings is 3. The van der Waals surface area contributed by atoms with Crippen LogP contribution in [0.3, 0.4) is 0 Å². The SMILES string of the molecule is CC[C@@]1(O)C(=O)OCc2c1cc1n(c2=O)Cc2cc3c(CN(C)C)c(O)ccc3nc2-1.COc1cc([C@@H]2c3cc4c(cc3C(O[C@@H]3O[C@@H]5COC(c6cccs6)O[C@H]5[C@H](O)[C@H]3O)C3COC(=O)[C@@H]32)OCO4)cc(OC)c1O. The maximum atomic E-state index is 13.5. The van der Waals surface area contributed by atoms with E-state index < -0.39 is 78.4 Å². The van der Waals surface area contributed by atoms with Crippen LogP contribution in [0.2, 0.25) is 0 Å². The van der Waals surface area contributed by atoms with Crippen molar-refractivity contribution in [2.45, 2.75) is 87.7 Å². The summed E-state index contributed by atoms with van der Waals surface area (Å²) in [5, 5.41) is 57.2. The molecular weight excluding hydrogens is 1020 g/mol. The summed E-state index contributed by atoms with van der Waals surface area (Å²) in [5.74, 6) is -1.62. The number of aliphatic hydroxyl groups excluding tert-OH is 2. The Balaban J connectivity index is 0.000000167. The zero-order valence-corrected chi connectivity index (χ0v) is 43.2. The molecule has 3 saturated heterocycles. The maximum absolute atomic E-state index is 13.5. The Hall–Kier alpha value is -6.86. The van der Waals surface area contributed by atoms with Crippen molar-refractivity contribution in [3.8, 4) is 45.9 Å². The number of nitrogens with zero attached hydrogens (tertiary/aromatic N) is 3. The first-order chi connectivity index (χ1) is 37.1. The van der Waals surface area contributed by atoms with Gasteiger partial charge in [0.05, 0.1) is 73.3 Å². The molecule has 0 bridgehead atoms. The van der Waals surface area contributed by atoms with Crippen LogP contribution in [0.25, 0.3) is 22.3 Å². The standard InChI is InChI=1S/C32H32O13S.C23H23N3O5/c1-37-19-6-13(7-20(38-2)25(19)33)23-14-8-17-18(42-12-41-17)9-15(14)28(16-10-39-30(36)24(16)23)44-32-27(35)26(34)29-21(43-32)11-40-31(45-29)22-4-3-5-46-22;1-4-23(30)16-8-18-20-12(9-26(18)21(28)15(16)11-31-22(23)29)7-13-14(10-25(2)3)19(27)6-5-17(13)24-20/h3-9,16,21,23-24,26-29,31-35H,10-12H2,1-2H3;5-8,27,30H,4,9-11H2,1-3H3/t16?,21-,23-,24+,26-,27-,28?,29-,31?,32+;23-/m10/s1. The van der Waals surface area contributed by atoms with Gasteiger partial charge in [-0.2, -0.15) is 0 Å². The fraction of sp³-hybridized carbons (Fsp3) is 0.418. The molecule has 3 aromatic heterocycles. The van der Waals surface area contributed by atoms with E-state index >= 15 is 0 Å². The Morgan fingerprint density at radius 3 is 2.35 bits per heavy atom. The van der Waals surface area contributed by atoms with Gasteiger partial charge in [0.25, 0.3) is 5.56 Å². The van der Waals surface area contributed by atoms with Gasteiger partial charge in [-0.05, 0) is 97.2 Å². The lowest BCUT2D eigenvalue weighted by Crippen LogP contribution is -2.62. The smallest absolute Gasteiger partial charge is 0.343 e. The van der Waals surface area contributed by atoms with Crippen LogP contribution in [0, 0.1) is 11.8 Å². The lowest BCUT2D eigenvalue weighted by atomic mass is 9.66. The third-order valence-corrected chi connectivity index (χ3v) is 16.5. The number of aromatic hydroxyl groups is 2. The molecule has 77 heavy (non-hydrogen) atoms. The molecule has 9 heterocycles. The molecule has 5 N–H and O–H groups in total. The van der Waals surface area contributed by atoms with Gasteiger partial charge in [-0.15, -0.1) is 11.3 Å². The molecular formula is C55H55N3O18S. The second-order valence-electron chi connectivity index (χ2n) is 20.2. The van der Waals surface area contributed by atoms with Gasteiger partial charge in [0.15, 0.2) is 41.2 Å². The Bertz CT molecular complexity index is 3380. The molecule has 0 amide bonds. The molecule has 6 aliphatic heterocycles. The molecule has 6 aromatic rings. The number of ether oxygens (including phenoxy) is 10. The second kappa shape index (κ2) is 19.6. The lowest BCUT2D eigenvalue weighted by Gasteiger charge is -2.48. The molecule has 7 aliphatic rings. The highest BCUT2D eigenvalue weighted by Gasteiger charge is 2.56. The number of carbonyl (C=O) groups excluding carboxylic acids is 2. The molecule has 21 nitrogen and oxygen atoms in total. The number of methoxy groups -OCH3 is 2. The minimum Gasteiger partial charge on any atom is -0.508 e. The monoisotopic (exact) mass is 1080 g/mol. The van der Waals surface area contributed by atoms with Crippen molar-refractivity contribution in [1.29, 1.82) is 0 Å². The summed E-state index contributed by atoms with van der Waals surface area (Å²) in [6, 6.07) is 17.7. The summed E-state index contributed by atoms with van der Waals surface area (Å²) < 4.78 is 59.3. The number of aromatic nitrogens is 2. The van der Waals surface area contributed by atoms with E-state index in [1.54, 1.807) is 47.9 Å². The van der Waals surface area contributed by atoms with E-state index in [9.17, 15) is 39.9 Å². The second-order valence-corrected chi connectivity index (χ2v) is 21.2. The van der Waals surface area contributed by atoms with Gasteiger partial charge in [-0.25, -0.2) is 9.78 Å². The number of pyridine rings is 2.